The van der Waals surface area contributed by atoms with E-state index in [1.165, 1.54) is 61.7 Å². The van der Waals surface area contributed by atoms with E-state index in [9.17, 15) is 18.0 Å². The number of hydrogen-bond acceptors (Lipinski definition) is 5. The lowest BCUT2D eigenvalue weighted by Crippen LogP contribution is -2.17. The molecule has 0 saturated heterocycles. The maximum absolute atomic E-state index is 12.8. The lowest BCUT2D eigenvalue weighted by atomic mass is 10.1. The van der Waals surface area contributed by atoms with Crippen LogP contribution in [0.1, 0.15) is 20.7 Å². The second-order valence-electron chi connectivity index (χ2n) is 6.25. The van der Waals surface area contributed by atoms with Crippen molar-refractivity contribution in [2.24, 2.45) is 0 Å². The fourth-order valence-electron chi connectivity index (χ4n) is 2.65. The SMILES string of the molecule is COC(=O)c1ccccc1NC(=O)c1cccc(S(=O)(=O)Nc2ccc(Cl)cc2Cl)c1. The van der Waals surface area contributed by atoms with Crippen LogP contribution in [0.5, 0.6) is 0 Å². The molecule has 1 amide bonds. The van der Waals surface area contributed by atoms with Crippen molar-refractivity contribution in [1.82, 2.24) is 0 Å². The predicted molar refractivity (Wildman–Crippen MR) is 119 cm³/mol. The Morgan fingerprint density at radius 2 is 1.65 bits per heavy atom. The third-order valence-electron chi connectivity index (χ3n) is 4.16. The highest BCUT2D eigenvalue weighted by Crippen LogP contribution is 2.28. The molecule has 3 rings (SSSR count). The van der Waals surface area contributed by atoms with Crippen LogP contribution in [0.4, 0.5) is 11.4 Å². The molecule has 0 spiro atoms. The molecule has 0 heterocycles. The van der Waals surface area contributed by atoms with Gasteiger partial charge in [-0.25, -0.2) is 13.2 Å². The van der Waals surface area contributed by atoms with Crippen molar-refractivity contribution < 1.29 is 22.7 Å². The highest BCUT2D eigenvalue weighted by molar-refractivity contribution is 7.92. The van der Waals surface area contributed by atoms with Crippen molar-refractivity contribution in [3.8, 4) is 0 Å². The second-order valence-corrected chi connectivity index (χ2v) is 8.77. The van der Waals surface area contributed by atoms with E-state index in [2.05, 4.69) is 10.0 Å². The number of nitrogens with one attached hydrogen (secondary N) is 2. The highest BCUT2D eigenvalue weighted by Gasteiger charge is 2.19. The number of hydrogen-bond donors (Lipinski definition) is 2. The number of carbonyl (C=O) groups excluding carboxylic acids is 2. The molecule has 0 unspecified atom stereocenters. The number of methoxy groups -OCH3 is 1. The summed E-state index contributed by atoms with van der Waals surface area (Å²) in [6.45, 7) is 0. The number of esters is 1. The van der Waals surface area contributed by atoms with E-state index in [0.29, 0.717) is 5.02 Å². The number of ether oxygens (including phenoxy) is 1. The highest BCUT2D eigenvalue weighted by atomic mass is 35.5. The largest absolute Gasteiger partial charge is 0.465 e. The quantitative estimate of drug-likeness (QED) is 0.493. The summed E-state index contributed by atoms with van der Waals surface area (Å²) >= 11 is 11.9. The normalized spacial score (nSPS) is 10.9. The van der Waals surface area contributed by atoms with Crippen LogP contribution in [-0.2, 0) is 14.8 Å². The Hall–Kier alpha value is -3.07. The second kappa shape index (κ2) is 9.38. The number of sulfonamides is 1. The van der Waals surface area contributed by atoms with Gasteiger partial charge < -0.3 is 10.1 Å². The van der Waals surface area contributed by atoms with Gasteiger partial charge in [0, 0.05) is 10.6 Å². The van der Waals surface area contributed by atoms with Gasteiger partial charge in [0.05, 0.1) is 34.0 Å². The molecule has 0 fully saturated rings. The first kappa shape index (κ1) is 22.6. The number of para-hydroxylation sites is 1. The average molecular weight is 479 g/mol. The molecule has 2 N–H and O–H groups in total. The maximum atomic E-state index is 12.8. The number of rotatable bonds is 6. The van der Waals surface area contributed by atoms with Crippen LogP contribution in [0.15, 0.2) is 71.6 Å². The molecule has 0 saturated carbocycles. The van der Waals surface area contributed by atoms with Crippen molar-refractivity contribution in [2.75, 3.05) is 17.1 Å². The summed E-state index contributed by atoms with van der Waals surface area (Å²) in [5.41, 5.74) is 0.623. The zero-order valence-corrected chi connectivity index (χ0v) is 18.4. The molecule has 3 aromatic rings. The van der Waals surface area contributed by atoms with E-state index < -0.39 is 21.9 Å². The van der Waals surface area contributed by atoms with E-state index >= 15 is 0 Å². The van der Waals surface area contributed by atoms with Crippen LogP contribution in [0.2, 0.25) is 10.0 Å². The minimum Gasteiger partial charge on any atom is -0.465 e. The maximum Gasteiger partial charge on any atom is 0.339 e. The van der Waals surface area contributed by atoms with Crippen LogP contribution < -0.4 is 10.0 Å². The molecular formula is C21H16Cl2N2O5S. The van der Waals surface area contributed by atoms with Gasteiger partial charge in [-0.1, -0.05) is 41.4 Å². The topological polar surface area (TPSA) is 102 Å². The van der Waals surface area contributed by atoms with Gasteiger partial charge in [0.25, 0.3) is 15.9 Å². The smallest absolute Gasteiger partial charge is 0.339 e. The first-order valence-electron chi connectivity index (χ1n) is 8.78. The monoisotopic (exact) mass is 478 g/mol. The van der Waals surface area contributed by atoms with E-state index in [4.69, 9.17) is 27.9 Å². The zero-order chi connectivity index (χ0) is 22.6. The number of halogens is 2. The van der Waals surface area contributed by atoms with E-state index in [0.717, 1.165) is 0 Å². The van der Waals surface area contributed by atoms with Crippen molar-refractivity contribution in [3.05, 3.63) is 87.9 Å². The summed E-state index contributed by atoms with van der Waals surface area (Å²) in [6, 6.07) is 16.1. The van der Waals surface area contributed by atoms with Gasteiger partial charge in [-0.3, -0.25) is 9.52 Å². The Balaban J connectivity index is 1.86. The molecule has 0 aliphatic carbocycles. The van der Waals surface area contributed by atoms with E-state index in [1.807, 2.05) is 0 Å². The third-order valence-corrected chi connectivity index (χ3v) is 6.07. The van der Waals surface area contributed by atoms with Crippen molar-refractivity contribution in [1.29, 1.82) is 0 Å². The van der Waals surface area contributed by atoms with Crippen molar-refractivity contribution in [3.63, 3.8) is 0 Å². The first-order valence-corrected chi connectivity index (χ1v) is 11.0. The number of amides is 1. The Morgan fingerprint density at radius 1 is 0.903 bits per heavy atom. The lowest BCUT2D eigenvalue weighted by Gasteiger charge is -2.12. The molecule has 7 nitrogen and oxygen atoms in total. The molecule has 0 aliphatic heterocycles. The summed E-state index contributed by atoms with van der Waals surface area (Å²) in [5, 5.41) is 3.08. The van der Waals surface area contributed by atoms with Gasteiger partial charge in [0.1, 0.15) is 0 Å². The van der Waals surface area contributed by atoms with Crippen LogP contribution in [0, 0.1) is 0 Å². The number of anilines is 2. The fraction of sp³-hybridized carbons (Fsp3) is 0.0476. The molecule has 0 aliphatic rings. The third kappa shape index (κ3) is 5.35. The molecule has 3 aromatic carbocycles. The standard InChI is InChI=1S/C21H16Cl2N2O5S/c1-30-21(27)16-7-2-3-8-18(16)24-20(26)13-5-4-6-15(11-13)31(28,29)25-19-10-9-14(22)12-17(19)23/h2-12,25H,1H3,(H,24,26). The van der Waals surface area contributed by atoms with E-state index in [1.54, 1.807) is 12.1 Å². The minimum absolute atomic E-state index is 0.0738. The van der Waals surface area contributed by atoms with Gasteiger partial charge in [-0.15, -0.1) is 0 Å². The summed E-state index contributed by atoms with van der Waals surface area (Å²) in [6.07, 6.45) is 0. The molecule has 0 radical (unpaired) electrons. The average Bonchev–Trinajstić information content (AvgIpc) is 2.75. The van der Waals surface area contributed by atoms with Crippen LogP contribution >= 0.6 is 23.2 Å². The predicted octanol–water partition coefficient (Wildman–Crippen LogP) is 4.83. The molecule has 0 atom stereocenters. The molecule has 10 heteroatoms. The van der Waals surface area contributed by atoms with Crippen LogP contribution in [0.3, 0.4) is 0 Å². The molecular weight excluding hydrogens is 463 g/mol. The first-order chi connectivity index (χ1) is 14.7. The van der Waals surface area contributed by atoms with Gasteiger partial charge in [0.15, 0.2) is 0 Å². The Morgan fingerprint density at radius 3 is 2.35 bits per heavy atom. The fourth-order valence-corrected chi connectivity index (χ4v) is 4.29. The van der Waals surface area contributed by atoms with Gasteiger partial charge >= 0.3 is 5.97 Å². The minimum atomic E-state index is -4.03. The lowest BCUT2D eigenvalue weighted by molar-refractivity contribution is 0.0602. The van der Waals surface area contributed by atoms with Gasteiger partial charge in [-0.2, -0.15) is 0 Å². The molecule has 0 aromatic heterocycles. The van der Waals surface area contributed by atoms with Crippen LogP contribution in [-0.4, -0.2) is 27.4 Å². The summed E-state index contributed by atoms with van der Waals surface area (Å²) in [5.74, 6) is -1.21. The van der Waals surface area contributed by atoms with Crippen molar-refractivity contribution in [2.45, 2.75) is 4.90 Å². The molecule has 31 heavy (non-hydrogen) atoms. The van der Waals surface area contributed by atoms with E-state index in [-0.39, 0.29) is 32.4 Å². The van der Waals surface area contributed by atoms with Crippen LogP contribution in [0.25, 0.3) is 0 Å². The Kier molecular flexibility index (Phi) is 6.84. The Bertz CT molecular complexity index is 1260. The Labute approximate surface area is 189 Å². The molecule has 160 valence electrons. The zero-order valence-electron chi connectivity index (χ0n) is 16.1. The number of carbonyl (C=O) groups is 2. The summed E-state index contributed by atoms with van der Waals surface area (Å²) in [4.78, 5) is 24.4. The number of benzene rings is 3. The summed E-state index contributed by atoms with van der Waals surface area (Å²) < 4.78 is 32.6. The van der Waals surface area contributed by atoms with Gasteiger partial charge in [0.2, 0.25) is 0 Å². The van der Waals surface area contributed by atoms with Gasteiger partial charge in [-0.05, 0) is 48.5 Å². The van der Waals surface area contributed by atoms with Crippen molar-refractivity contribution >= 4 is 56.5 Å². The summed E-state index contributed by atoms with van der Waals surface area (Å²) in [7, 11) is -2.80. The molecule has 0 bridgehead atoms.